The molecule has 0 bridgehead atoms. The summed E-state index contributed by atoms with van der Waals surface area (Å²) in [4.78, 5) is 14.9. The number of carboxylic acids is 1. The van der Waals surface area contributed by atoms with Gasteiger partial charge in [-0.2, -0.15) is 0 Å². The average molecular weight is 239 g/mol. The Hall–Kier alpha value is -1.55. The number of aromatic nitrogens is 2. The van der Waals surface area contributed by atoms with Crippen molar-refractivity contribution in [1.82, 2.24) is 9.38 Å². The van der Waals surface area contributed by atoms with Gasteiger partial charge in [-0.3, -0.25) is 4.79 Å². The van der Waals surface area contributed by atoms with E-state index in [1.54, 1.807) is 12.3 Å². The number of aliphatic carboxylic acids is 1. The number of rotatable bonds is 3. The van der Waals surface area contributed by atoms with Gasteiger partial charge in [-0.05, 0) is 19.1 Å². The van der Waals surface area contributed by atoms with E-state index in [1.807, 2.05) is 17.4 Å². The van der Waals surface area contributed by atoms with Gasteiger partial charge in [-0.1, -0.05) is 11.6 Å². The molecule has 0 atom stereocenters. The number of hydrogen-bond acceptors (Lipinski definition) is 2. The van der Waals surface area contributed by atoms with Crippen LogP contribution in [0.15, 0.2) is 18.3 Å². The summed E-state index contributed by atoms with van der Waals surface area (Å²) in [7, 11) is 0. The largest absolute Gasteiger partial charge is 0.481 e. The first-order valence-electron chi connectivity index (χ1n) is 4.93. The molecule has 0 saturated carbocycles. The van der Waals surface area contributed by atoms with E-state index in [-0.39, 0.29) is 6.42 Å². The Morgan fingerprint density at radius 2 is 2.31 bits per heavy atom. The van der Waals surface area contributed by atoms with Gasteiger partial charge >= 0.3 is 5.97 Å². The van der Waals surface area contributed by atoms with Crippen LogP contribution < -0.4 is 0 Å². The predicted octanol–water partition coefficient (Wildman–Crippen LogP) is 2.31. The first-order chi connectivity index (χ1) is 7.58. The van der Waals surface area contributed by atoms with Gasteiger partial charge in [-0.15, -0.1) is 0 Å². The number of aryl methyl sites for hydroxylation is 2. The van der Waals surface area contributed by atoms with Crippen LogP contribution in [0.5, 0.6) is 0 Å². The summed E-state index contributed by atoms with van der Waals surface area (Å²) in [5.74, 6) is -0.0890. The van der Waals surface area contributed by atoms with Gasteiger partial charge in [-0.25, -0.2) is 4.98 Å². The molecular formula is C11H11ClN2O2. The first kappa shape index (κ1) is 11.0. The van der Waals surface area contributed by atoms with Crippen molar-refractivity contribution in [2.75, 3.05) is 0 Å². The summed E-state index contributed by atoms with van der Waals surface area (Å²) in [6.07, 6.45) is 2.24. The Morgan fingerprint density at radius 3 is 3.00 bits per heavy atom. The molecule has 0 aliphatic heterocycles. The molecule has 2 heterocycles. The van der Waals surface area contributed by atoms with Gasteiger partial charge in [0.1, 0.15) is 5.82 Å². The second kappa shape index (κ2) is 4.14. The van der Waals surface area contributed by atoms with Crippen LogP contribution in [0.2, 0.25) is 5.02 Å². The average Bonchev–Trinajstić information content (AvgIpc) is 2.52. The maximum atomic E-state index is 10.5. The summed E-state index contributed by atoms with van der Waals surface area (Å²) in [6.45, 7) is 1.90. The van der Waals surface area contributed by atoms with Gasteiger partial charge < -0.3 is 9.51 Å². The molecule has 0 unspecified atom stereocenters. The molecule has 0 aliphatic rings. The van der Waals surface area contributed by atoms with Crippen molar-refractivity contribution in [1.29, 1.82) is 0 Å². The van der Waals surface area contributed by atoms with E-state index in [0.29, 0.717) is 11.4 Å². The zero-order valence-electron chi connectivity index (χ0n) is 8.77. The van der Waals surface area contributed by atoms with E-state index in [9.17, 15) is 4.79 Å². The molecule has 84 valence electrons. The van der Waals surface area contributed by atoms with Crippen LogP contribution in [-0.2, 0) is 11.2 Å². The van der Waals surface area contributed by atoms with E-state index >= 15 is 0 Å². The fraction of sp³-hybridized carbons (Fsp3) is 0.273. The molecule has 2 aromatic heterocycles. The van der Waals surface area contributed by atoms with Crippen molar-refractivity contribution in [3.8, 4) is 0 Å². The Kier molecular flexibility index (Phi) is 2.83. The van der Waals surface area contributed by atoms with E-state index in [0.717, 1.165) is 17.0 Å². The van der Waals surface area contributed by atoms with E-state index in [1.165, 1.54) is 0 Å². The van der Waals surface area contributed by atoms with Crippen molar-refractivity contribution in [3.05, 3.63) is 34.9 Å². The molecule has 0 spiro atoms. The molecule has 2 rings (SSSR count). The van der Waals surface area contributed by atoms with Gasteiger partial charge in [0.05, 0.1) is 22.7 Å². The van der Waals surface area contributed by atoms with E-state index in [2.05, 4.69) is 4.98 Å². The highest BCUT2D eigenvalue weighted by atomic mass is 35.5. The molecule has 1 N–H and O–H groups in total. The number of pyridine rings is 1. The zero-order valence-corrected chi connectivity index (χ0v) is 9.53. The third-order valence-electron chi connectivity index (χ3n) is 2.42. The first-order valence-corrected chi connectivity index (χ1v) is 5.30. The van der Waals surface area contributed by atoms with Crippen LogP contribution in [0.3, 0.4) is 0 Å². The van der Waals surface area contributed by atoms with Gasteiger partial charge in [0.2, 0.25) is 0 Å². The number of carbonyl (C=O) groups is 1. The normalized spacial score (nSPS) is 10.9. The van der Waals surface area contributed by atoms with Crippen LogP contribution in [-0.4, -0.2) is 20.5 Å². The minimum Gasteiger partial charge on any atom is -0.481 e. The number of nitrogens with zero attached hydrogens (tertiary/aromatic N) is 2. The molecule has 0 radical (unpaired) electrons. The van der Waals surface area contributed by atoms with Crippen LogP contribution in [0.4, 0.5) is 0 Å². The lowest BCUT2D eigenvalue weighted by atomic mass is 10.3. The van der Waals surface area contributed by atoms with Crippen LogP contribution >= 0.6 is 11.6 Å². The van der Waals surface area contributed by atoms with Crippen LogP contribution in [0, 0.1) is 6.92 Å². The predicted molar refractivity (Wildman–Crippen MR) is 60.9 cm³/mol. The fourth-order valence-electron chi connectivity index (χ4n) is 1.68. The molecule has 16 heavy (non-hydrogen) atoms. The number of hydrogen-bond donors (Lipinski definition) is 1. The van der Waals surface area contributed by atoms with Gasteiger partial charge in [0.25, 0.3) is 0 Å². The quantitative estimate of drug-likeness (QED) is 0.893. The molecule has 5 heteroatoms. The van der Waals surface area contributed by atoms with Crippen LogP contribution in [0.25, 0.3) is 5.52 Å². The number of imidazole rings is 1. The van der Waals surface area contributed by atoms with Crippen molar-refractivity contribution in [2.45, 2.75) is 19.8 Å². The molecular weight excluding hydrogens is 228 g/mol. The second-order valence-electron chi connectivity index (χ2n) is 3.61. The summed E-state index contributed by atoms with van der Waals surface area (Å²) < 4.78 is 1.85. The van der Waals surface area contributed by atoms with E-state index < -0.39 is 5.97 Å². The summed E-state index contributed by atoms with van der Waals surface area (Å²) in [6, 6.07) is 3.68. The van der Waals surface area contributed by atoms with Crippen molar-refractivity contribution in [3.63, 3.8) is 0 Å². The Labute approximate surface area is 97.5 Å². The molecule has 4 nitrogen and oxygen atoms in total. The maximum Gasteiger partial charge on any atom is 0.303 e. The third-order valence-corrected chi connectivity index (χ3v) is 2.64. The van der Waals surface area contributed by atoms with Crippen molar-refractivity contribution in [2.24, 2.45) is 0 Å². The van der Waals surface area contributed by atoms with E-state index in [4.69, 9.17) is 16.7 Å². The number of fused-ring (bicyclic) bond motifs is 1. The lowest BCUT2D eigenvalue weighted by molar-refractivity contribution is -0.137. The molecule has 0 aliphatic carbocycles. The minimum atomic E-state index is -0.823. The standard InChI is InChI=1S/C11H11ClN2O2/c1-7-9-3-2-8(12)6-14(9)10(13-7)4-5-11(15)16/h2-3,6H,4-5H2,1H3,(H,15,16). The Balaban J connectivity index is 2.44. The summed E-state index contributed by atoms with van der Waals surface area (Å²) in [5, 5.41) is 9.26. The SMILES string of the molecule is Cc1nc(CCC(=O)O)n2cc(Cl)ccc12. The number of halogens is 1. The smallest absolute Gasteiger partial charge is 0.303 e. The molecule has 0 fully saturated rings. The van der Waals surface area contributed by atoms with Crippen molar-refractivity contribution >= 4 is 23.1 Å². The lowest BCUT2D eigenvalue weighted by Crippen LogP contribution is -2.01. The second-order valence-corrected chi connectivity index (χ2v) is 4.05. The lowest BCUT2D eigenvalue weighted by Gasteiger charge is -1.99. The van der Waals surface area contributed by atoms with Gasteiger partial charge in [0, 0.05) is 12.6 Å². The highest BCUT2D eigenvalue weighted by Gasteiger charge is 2.09. The summed E-state index contributed by atoms with van der Waals surface area (Å²) >= 11 is 5.90. The van der Waals surface area contributed by atoms with Crippen molar-refractivity contribution < 1.29 is 9.90 Å². The topological polar surface area (TPSA) is 54.6 Å². The highest BCUT2D eigenvalue weighted by molar-refractivity contribution is 6.30. The monoisotopic (exact) mass is 238 g/mol. The summed E-state index contributed by atoms with van der Waals surface area (Å²) in [5.41, 5.74) is 1.85. The van der Waals surface area contributed by atoms with Gasteiger partial charge in [0.15, 0.2) is 0 Å². The molecule has 0 amide bonds. The molecule has 0 saturated heterocycles. The molecule has 2 aromatic rings. The Bertz CT molecular complexity index is 548. The van der Waals surface area contributed by atoms with Crippen LogP contribution in [0.1, 0.15) is 17.9 Å². The maximum absolute atomic E-state index is 10.5. The zero-order chi connectivity index (χ0) is 11.7. The number of carboxylic acid groups (broad SMARTS) is 1. The molecule has 0 aromatic carbocycles. The third kappa shape index (κ3) is 2.02. The highest BCUT2D eigenvalue weighted by Crippen LogP contribution is 2.17. The minimum absolute atomic E-state index is 0.0745. The fourth-order valence-corrected chi connectivity index (χ4v) is 1.84. The Morgan fingerprint density at radius 1 is 1.56 bits per heavy atom.